The largest absolute Gasteiger partial charge is 0.380 e. The third-order valence-electron chi connectivity index (χ3n) is 3.98. The molecule has 130 valence electrons. The molecular weight excluding hydrogens is 314 g/mol. The fourth-order valence-corrected chi connectivity index (χ4v) is 2.78. The highest BCUT2D eigenvalue weighted by Gasteiger charge is 2.38. The molecule has 2 rings (SSSR count). The Morgan fingerprint density at radius 3 is 2.50 bits per heavy atom. The molecule has 1 aromatic rings. The molecule has 0 saturated carbocycles. The maximum absolute atomic E-state index is 12.5. The number of amides is 3. The van der Waals surface area contributed by atoms with Gasteiger partial charge in [0.25, 0.3) is 11.8 Å². The van der Waals surface area contributed by atoms with Crippen LogP contribution >= 0.6 is 0 Å². The van der Waals surface area contributed by atoms with E-state index in [1.807, 2.05) is 30.3 Å². The van der Waals surface area contributed by atoms with Gasteiger partial charge in [0.05, 0.1) is 12.6 Å². The first kappa shape index (κ1) is 17.9. The molecule has 1 aliphatic heterocycles. The minimum atomic E-state index is -1.96. The summed E-state index contributed by atoms with van der Waals surface area (Å²) in [7, 11) is 0. The fourth-order valence-electron chi connectivity index (χ4n) is 2.78. The van der Waals surface area contributed by atoms with Gasteiger partial charge >= 0.3 is 0 Å². The van der Waals surface area contributed by atoms with E-state index in [2.05, 4.69) is 5.32 Å². The first-order valence-corrected chi connectivity index (χ1v) is 7.69. The lowest BCUT2D eigenvalue weighted by molar-refractivity contribution is -0.153. The van der Waals surface area contributed by atoms with Gasteiger partial charge in [0, 0.05) is 6.54 Å². The van der Waals surface area contributed by atoms with Crippen LogP contribution in [0.2, 0.25) is 0 Å². The monoisotopic (exact) mass is 335 g/mol. The normalized spacial score (nSPS) is 19.6. The van der Waals surface area contributed by atoms with Crippen molar-refractivity contribution in [3.63, 3.8) is 0 Å². The van der Waals surface area contributed by atoms with Crippen LogP contribution in [0.25, 0.3) is 0 Å². The molecule has 0 bridgehead atoms. The Morgan fingerprint density at radius 2 is 1.88 bits per heavy atom. The summed E-state index contributed by atoms with van der Waals surface area (Å²) in [5, 5.41) is 21.9. The lowest BCUT2D eigenvalue weighted by Gasteiger charge is -2.28. The lowest BCUT2D eigenvalue weighted by Crippen LogP contribution is -2.51. The molecule has 0 radical (unpaired) electrons. The second kappa shape index (κ2) is 7.89. The third-order valence-corrected chi connectivity index (χ3v) is 3.98. The molecule has 5 N–H and O–H groups in total. The Hall–Kier alpha value is -2.45. The summed E-state index contributed by atoms with van der Waals surface area (Å²) in [5.74, 6) is -2.53. The number of hydrogen-bond donors (Lipinski definition) is 4. The summed E-state index contributed by atoms with van der Waals surface area (Å²) >= 11 is 0. The highest BCUT2D eigenvalue weighted by Crippen LogP contribution is 2.32. The Bertz CT molecular complexity index is 607. The Morgan fingerprint density at radius 1 is 1.21 bits per heavy atom. The van der Waals surface area contributed by atoms with Gasteiger partial charge in [0.1, 0.15) is 0 Å². The minimum Gasteiger partial charge on any atom is -0.380 e. The predicted octanol–water partition coefficient (Wildman–Crippen LogP) is -1.33. The number of rotatable bonds is 6. The van der Waals surface area contributed by atoms with Crippen molar-refractivity contribution in [1.82, 2.24) is 10.2 Å². The van der Waals surface area contributed by atoms with Gasteiger partial charge in [-0.2, -0.15) is 0 Å². The number of nitrogens with zero attached hydrogens (tertiary/aromatic N) is 1. The molecule has 8 nitrogen and oxygen atoms in total. The summed E-state index contributed by atoms with van der Waals surface area (Å²) in [6.45, 7) is -0.0434. The van der Waals surface area contributed by atoms with Crippen molar-refractivity contribution >= 4 is 17.7 Å². The molecule has 0 spiro atoms. The molecule has 8 heteroatoms. The van der Waals surface area contributed by atoms with E-state index >= 15 is 0 Å². The van der Waals surface area contributed by atoms with Crippen molar-refractivity contribution in [2.45, 2.75) is 31.1 Å². The smallest absolute Gasteiger partial charge is 0.255 e. The van der Waals surface area contributed by atoms with Gasteiger partial charge in [-0.05, 0) is 18.4 Å². The van der Waals surface area contributed by atoms with Gasteiger partial charge in [-0.15, -0.1) is 0 Å². The van der Waals surface area contributed by atoms with Crippen molar-refractivity contribution in [3.05, 3.63) is 35.9 Å². The SMILES string of the molecule is NC(=O)CNC(=O)[C@H](O)[C@@H](O)C(=O)N1CCCC1c1ccccc1. The zero-order chi connectivity index (χ0) is 17.7. The van der Waals surface area contributed by atoms with Crippen molar-refractivity contribution < 1.29 is 24.6 Å². The topological polar surface area (TPSA) is 133 Å². The van der Waals surface area contributed by atoms with Crippen LogP contribution in [0.1, 0.15) is 24.4 Å². The van der Waals surface area contributed by atoms with E-state index < -0.39 is 36.5 Å². The molecule has 1 fully saturated rings. The van der Waals surface area contributed by atoms with Crippen LogP contribution in [0.3, 0.4) is 0 Å². The van der Waals surface area contributed by atoms with Crippen LogP contribution in [0.4, 0.5) is 0 Å². The number of benzene rings is 1. The molecule has 1 heterocycles. The molecule has 1 aliphatic rings. The van der Waals surface area contributed by atoms with Crippen LogP contribution in [-0.4, -0.2) is 58.1 Å². The van der Waals surface area contributed by atoms with Gasteiger partial charge in [-0.25, -0.2) is 0 Å². The zero-order valence-electron chi connectivity index (χ0n) is 13.1. The van der Waals surface area contributed by atoms with Crippen molar-refractivity contribution in [2.75, 3.05) is 13.1 Å². The number of carbonyl (C=O) groups excluding carboxylic acids is 3. The summed E-state index contributed by atoms with van der Waals surface area (Å²) in [6, 6.07) is 9.16. The summed E-state index contributed by atoms with van der Waals surface area (Å²) in [5.41, 5.74) is 5.82. The van der Waals surface area contributed by atoms with Crippen LogP contribution in [0.15, 0.2) is 30.3 Å². The molecule has 0 aromatic heterocycles. The second-order valence-corrected chi connectivity index (χ2v) is 5.67. The van der Waals surface area contributed by atoms with Crippen LogP contribution in [0, 0.1) is 0 Å². The number of primary amides is 1. The van der Waals surface area contributed by atoms with Gasteiger partial charge in [0.2, 0.25) is 5.91 Å². The first-order valence-electron chi connectivity index (χ1n) is 7.69. The lowest BCUT2D eigenvalue weighted by atomic mass is 10.0. The molecule has 0 aliphatic carbocycles. The standard InChI is InChI=1S/C16H21N3O5/c17-12(20)9-18-15(23)13(21)14(22)16(24)19-8-4-7-11(19)10-5-2-1-3-6-10/h1-3,5-6,11,13-14,21-22H,4,7-9H2,(H2,17,20)(H,18,23)/t11?,13-,14-/m1/s1. The van der Waals surface area contributed by atoms with E-state index in [0.29, 0.717) is 6.54 Å². The number of aliphatic hydroxyl groups excluding tert-OH is 2. The summed E-state index contributed by atoms with van der Waals surface area (Å²) < 4.78 is 0. The summed E-state index contributed by atoms with van der Waals surface area (Å²) in [4.78, 5) is 36.2. The van der Waals surface area contributed by atoms with Crippen molar-refractivity contribution in [2.24, 2.45) is 5.73 Å². The first-order chi connectivity index (χ1) is 11.4. The quantitative estimate of drug-likeness (QED) is 0.511. The molecule has 3 atom stereocenters. The number of nitrogens with two attached hydrogens (primary N) is 1. The molecule has 1 unspecified atom stereocenters. The number of nitrogens with one attached hydrogen (secondary N) is 1. The molecule has 1 saturated heterocycles. The number of likely N-dealkylation sites (tertiary alicyclic amines) is 1. The van der Waals surface area contributed by atoms with E-state index in [-0.39, 0.29) is 6.04 Å². The fraction of sp³-hybridized carbons (Fsp3) is 0.438. The van der Waals surface area contributed by atoms with E-state index in [0.717, 1.165) is 18.4 Å². The third kappa shape index (κ3) is 4.09. The average Bonchev–Trinajstić information content (AvgIpc) is 3.08. The molecule has 24 heavy (non-hydrogen) atoms. The number of aliphatic hydroxyl groups is 2. The number of hydrogen-bond acceptors (Lipinski definition) is 5. The Labute approximate surface area is 139 Å². The zero-order valence-corrected chi connectivity index (χ0v) is 13.1. The van der Waals surface area contributed by atoms with E-state index in [1.54, 1.807) is 0 Å². The average molecular weight is 335 g/mol. The van der Waals surface area contributed by atoms with Crippen molar-refractivity contribution in [3.8, 4) is 0 Å². The maximum atomic E-state index is 12.5. The Balaban J connectivity index is 2.03. The number of carbonyl (C=O) groups is 3. The van der Waals surface area contributed by atoms with Gasteiger partial charge in [-0.3, -0.25) is 14.4 Å². The molecule has 1 aromatic carbocycles. The van der Waals surface area contributed by atoms with Crippen LogP contribution in [-0.2, 0) is 14.4 Å². The van der Waals surface area contributed by atoms with Gasteiger partial charge in [0.15, 0.2) is 12.2 Å². The molecule has 3 amide bonds. The van der Waals surface area contributed by atoms with Crippen molar-refractivity contribution in [1.29, 1.82) is 0 Å². The second-order valence-electron chi connectivity index (χ2n) is 5.67. The highest BCUT2D eigenvalue weighted by molar-refractivity contribution is 5.92. The van der Waals surface area contributed by atoms with E-state index in [4.69, 9.17) is 5.73 Å². The Kier molecular flexibility index (Phi) is 5.88. The summed E-state index contributed by atoms with van der Waals surface area (Å²) in [6.07, 6.45) is -2.36. The molecular formula is C16H21N3O5. The van der Waals surface area contributed by atoms with Crippen LogP contribution < -0.4 is 11.1 Å². The highest BCUT2D eigenvalue weighted by atomic mass is 16.3. The van der Waals surface area contributed by atoms with E-state index in [1.165, 1.54) is 4.90 Å². The maximum Gasteiger partial charge on any atom is 0.255 e. The van der Waals surface area contributed by atoms with Gasteiger partial charge in [-0.1, -0.05) is 30.3 Å². The van der Waals surface area contributed by atoms with Gasteiger partial charge < -0.3 is 26.2 Å². The predicted molar refractivity (Wildman–Crippen MR) is 84.3 cm³/mol. The van der Waals surface area contributed by atoms with Crippen LogP contribution in [0.5, 0.6) is 0 Å². The minimum absolute atomic E-state index is 0.200. The van der Waals surface area contributed by atoms with E-state index in [9.17, 15) is 24.6 Å².